The maximum atomic E-state index is 11.0. The first-order valence-corrected chi connectivity index (χ1v) is 7.17. The second kappa shape index (κ2) is 6.54. The molecule has 112 valence electrons. The highest BCUT2D eigenvalue weighted by Gasteiger charge is 2.13. The summed E-state index contributed by atoms with van der Waals surface area (Å²) in [5.74, 6) is 0. The van der Waals surface area contributed by atoms with Gasteiger partial charge in [0.05, 0.1) is 4.92 Å². The lowest BCUT2D eigenvalue weighted by molar-refractivity contribution is -0.385. The van der Waals surface area contributed by atoms with Crippen molar-refractivity contribution in [2.24, 2.45) is 5.73 Å². The standard InChI is InChI=1S/C16H21N3O2/c1-3-5-15(17)14-8-9-18(11-14)10-13-6-4-7-16(12(13)2)19(20)21/h4,6-9,11,15H,3,5,10,17H2,1-2H3. The Kier molecular flexibility index (Phi) is 4.75. The normalized spacial score (nSPS) is 12.3. The Bertz CT molecular complexity index is 634. The quantitative estimate of drug-likeness (QED) is 0.652. The van der Waals surface area contributed by atoms with Crippen LogP contribution >= 0.6 is 0 Å². The molecule has 0 radical (unpaired) electrons. The minimum Gasteiger partial charge on any atom is -0.350 e. The number of rotatable bonds is 6. The van der Waals surface area contributed by atoms with E-state index in [1.54, 1.807) is 13.0 Å². The molecule has 0 bridgehead atoms. The average Bonchev–Trinajstić information content (AvgIpc) is 2.90. The van der Waals surface area contributed by atoms with Gasteiger partial charge >= 0.3 is 0 Å². The minimum atomic E-state index is -0.336. The molecule has 5 nitrogen and oxygen atoms in total. The fraction of sp³-hybridized carbons (Fsp3) is 0.375. The third-order valence-corrected chi connectivity index (χ3v) is 3.77. The number of nitrogens with zero attached hydrogens (tertiary/aromatic N) is 2. The van der Waals surface area contributed by atoms with E-state index < -0.39 is 0 Å². The molecule has 2 aromatic rings. The molecule has 21 heavy (non-hydrogen) atoms. The molecule has 5 heteroatoms. The first-order chi connectivity index (χ1) is 10.0. The first kappa shape index (κ1) is 15.3. The lowest BCUT2D eigenvalue weighted by Crippen LogP contribution is -2.09. The number of hydrogen-bond donors (Lipinski definition) is 1. The molecule has 2 rings (SSSR count). The zero-order chi connectivity index (χ0) is 15.4. The summed E-state index contributed by atoms with van der Waals surface area (Å²) in [5.41, 5.74) is 9.06. The van der Waals surface area contributed by atoms with E-state index >= 15 is 0 Å². The van der Waals surface area contributed by atoms with Crippen LogP contribution in [0.5, 0.6) is 0 Å². The Labute approximate surface area is 124 Å². The zero-order valence-corrected chi connectivity index (χ0v) is 12.5. The van der Waals surface area contributed by atoms with E-state index in [4.69, 9.17) is 5.73 Å². The van der Waals surface area contributed by atoms with Crippen molar-refractivity contribution >= 4 is 5.69 Å². The Hall–Kier alpha value is -2.14. The first-order valence-electron chi connectivity index (χ1n) is 7.17. The van der Waals surface area contributed by atoms with Crippen LogP contribution in [-0.4, -0.2) is 9.49 Å². The number of nitro benzene ring substituents is 1. The van der Waals surface area contributed by atoms with Gasteiger partial charge < -0.3 is 10.3 Å². The van der Waals surface area contributed by atoms with Crippen LogP contribution < -0.4 is 5.73 Å². The van der Waals surface area contributed by atoms with Crippen LogP contribution in [0.15, 0.2) is 36.7 Å². The van der Waals surface area contributed by atoms with Crippen molar-refractivity contribution in [1.82, 2.24) is 4.57 Å². The van der Waals surface area contributed by atoms with E-state index in [-0.39, 0.29) is 16.7 Å². The summed E-state index contributed by atoms with van der Waals surface area (Å²) in [5, 5.41) is 11.0. The number of nitro groups is 1. The average molecular weight is 287 g/mol. The predicted octanol–water partition coefficient (Wildman–Crippen LogP) is 3.55. The third kappa shape index (κ3) is 3.49. The molecule has 0 saturated carbocycles. The summed E-state index contributed by atoms with van der Waals surface area (Å²) in [6.07, 6.45) is 6.01. The van der Waals surface area contributed by atoms with E-state index in [0.717, 1.165) is 29.5 Å². The second-order valence-electron chi connectivity index (χ2n) is 5.33. The highest BCUT2D eigenvalue weighted by molar-refractivity contribution is 5.44. The van der Waals surface area contributed by atoms with Crippen molar-refractivity contribution in [2.45, 2.75) is 39.3 Å². The van der Waals surface area contributed by atoms with Gasteiger partial charge in [0, 0.05) is 36.6 Å². The van der Waals surface area contributed by atoms with E-state index in [9.17, 15) is 10.1 Å². The predicted molar refractivity (Wildman–Crippen MR) is 83.2 cm³/mol. The van der Waals surface area contributed by atoms with Crippen molar-refractivity contribution in [3.05, 3.63) is 63.5 Å². The summed E-state index contributed by atoms with van der Waals surface area (Å²) in [4.78, 5) is 10.6. The minimum absolute atomic E-state index is 0.0578. The van der Waals surface area contributed by atoms with Gasteiger partial charge in [0.1, 0.15) is 0 Å². The Morgan fingerprint density at radius 2 is 2.14 bits per heavy atom. The van der Waals surface area contributed by atoms with Crippen LogP contribution in [0.4, 0.5) is 5.69 Å². The Balaban J connectivity index is 2.19. The summed E-state index contributed by atoms with van der Waals surface area (Å²) in [7, 11) is 0. The van der Waals surface area contributed by atoms with Gasteiger partial charge in [-0.3, -0.25) is 10.1 Å². The second-order valence-corrected chi connectivity index (χ2v) is 5.33. The molecule has 1 aromatic carbocycles. The molecule has 0 amide bonds. The molecular formula is C16H21N3O2. The largest absolute Gasteiger partial charge is 0.350 e. The van der Waals surface area contributed by atoms with Gasteiger partial charge in [-0.15, -0.1) is 0 Å². The fourth-order valence-electron chi connectivity index (χ4n) is 2.49. The molecule has 1 unspecified atom stereocenters. The SMILES string of the molecule is CCCC(N)c1ccn(Cc2cccc([N+](=O)[O-])c2C)c1. The monoisotopic (exact) mass is 287 g/mol. The van der Waals surface area contributed by atoms with Crippen LogP contribution in [0.3, 0.4) is 0 Å². The zero-order valence-electron chi connectivity index (χ0n) is 12.5. The van der Waals surface area contributed by atoms with Crippen molar-refractivity contribution in [3.63, 3.8) is 0 Å². The summed E-state index contributed by atoms with van der Waals surface area (Å²) < 4.78 is 2.02. The number of benzene rings is 1. The van der Waals surface area contributed by atoms with E-state index in [1.165, 1.54) is 6.07 Å². The van der Waals surface area contributed by atoms with Crippen LogP contribution in [0.1, 0.15) is 42.5 Å². The molecule has 0 aliphatic heterocycles. The topological polar surface area (TPSA) is 74.1 Å². The molecule has 0 spiro atoms. The smallest absolute Gasteiger partial charge is 0.272 e. The van der Waals surface area contributed by atoms with Crippen LogP contribution in [0.25, 0.3) is 0 Å². The summed E-state index contributed by atoms with van der Waals surface area (Å²) in [6.45, 7) is 4.52. The maximum absolute atomic E-state index is 11.0. The van der Waals surface area contributed by atoms with E-state index in [2.05, 4.69) is 6.92 Å². The molecule has 0 aliphatic carbocycles. The highest BCUT2D eigenvalue weighted by atomic mass is 16.6. The number of nitrogens with two attached hydrogens (primary N) is 1. The van der Waals surface area contributed by atoms with Gasteiger partial charge in [-0.1, -0.05) is 25.5 Å². The summed E-state index contributed by atoms with van der Waals surface area (Å²) in [6, 6.07) is 7.27. The molecular weight excluding hydrogens is 266 g/mol. The van der Waals surface area contributed by atoms with E-state index in [1.807, 2.05) is 29.1 Å². The van der Waals surface area contributed by atoms with Crippen LogP contribution in [0, 0.1) is 17.0 Å². The van der Waals surface area contributed by atoms with Crippen LogP contribution in [0.2, 0.25) is 0 Å². The number of aromatic nitrogens is 1. The lowest BCUT2D eigenvalue weighted by atomic mass is 10.1. The van der Waals surface area contributed by atoms with E-state index in [0.29, 0.717) is 6.54 Å². The molecule has 1 heterocycles. The molecule has 1 aromatic heterocycles. The molecule has 0 saturated heterocycles. The summed E-state index contributed by atoms with van der Waals surface area (Å²) >= 11 is 0. The van der Waals surface area contributed by atoms with Crippen molar-refractivity contribution in [1.29, 1.82) is 0 Å². The van der Waals surface area contributed by atoms with Gasteiger partial charge in [-0.05, 0) is 30.5 Å². The molecule has 0 fully saturated rings. The van der Waals surface area contributed by atoms with Gasteiger partial charge in [-0.25, -0.2) is 0 Å². The third-order valence-electron chi connectivity index (χ3n) is 3.77. The molecule has 2 N–H and O–H groups in total. The van der Waals surface area contributed by atoms with Crippen molar-refractivity contribution < 1.29 is 4.92 Å². The molecule has 0 aliphatic rings. The van der Waals surface area contributed by atoms with Crippen LogP contribution in [-0.2, 0) is 6.54 Å². The fourth-order valence-corrected chi connectivity index (χ4v) is 2.49. The van der Waals surface area contributed by atoms with Gasteiger partial charge in [0.15, 0.2) is 0 Å². The maximum Gasteiger partial charge on any atom is 0.272 e. The van der Waals surface area contributed by atoms with Gasteiger partial charge in [-0.2, -0.15) is 0 Å². The Morgan fingerprint density at radius 3 is 2.81 bits per heavy atom. The lowest BCUT2D eigenvalue weighted by Gasteiger charge is -2.09. The molecule has 1 atom stereocenters. The number of hydrogen-bond acceptors (Lipinski definition) is 3. The Morgan fingerprint density at radius 1 is 1.38 bits per heavy atom. The highest BCUT2D eigenvalue weighted by Crippen LogP contribution is 2.23. The van der Waals surface area contributed by atoms with Crippen molar-refractivity contribution in [3.8, 4) is 0 Å². The van der Waals surface area contributed by atoms with Gasteiger partial charge in [0.25, 0.3) is 5.69 Å². The van der Waals surface area contributed by atoms with Gasteiger partial charge in [0.2, 0.25) is 0 Å². The van der Waals surface area contributed by atoms with Crippen molar-refractivity contribution in [2.75, 3.05) is 0 Å².